The number of halogens is 1. The van der Waals surface area contributed by atoms with Crippen molar-refractivity contribution in [2.75, 3.05) is 10.6 Å². The molecular weight excluding hydrogens is 381 g/mol. The Balaban J connectivity index is 1.62. The van der Waals surface area contributed by atoms with Crippen molar-refractivity contribution >= 4 is 40.2 Å². The van der Waals surface area contributed by atoms with Gasteiger partial charge in [0.25, 0.3) is 0 Å². The van der Waals surface area contributed by atoms with Gasteiger partial charge in [-0.1, -0.05) is 6.07 Å². The normalized spacial score (nSPS) is 14.1. The number of amides is 2. The molecule has 6 heteroatoms. The third kappa shape index (κ3) is 3.85. The molecule has 0 spiro atoms. The molecule has 2 aromatic carbocycles. The van der Waals surface area contributed by atoms with E-state index in [1.165, 1.54) is 18.2 Å². The van der Waals surface area contributed by atoms with Crippen LogP contribution >= 0.6 is 0 Å². The number of benzene rings is 2. The van der Waals surface area contributed by atoms with Crippen LogP contribution in [0.1, 0.15) is 38.4 Å². The van der Waals surface area contributed by atoms with E-state index >= 15 is 0 Å². The zero-order valence-electron chi connectivity index (χ0n) is 17.3. The Morgan fingerprint density at radius 1 is 1.17 bits per heavy atom. The standard InChI is InChI=1S/C24H24FN3O2/c1-24(2,3)28-17(14-15-13-16(25)7-10-21(15)28)8-11-22(29)26-19-5-4-6-20-18(19)9-12-23(30)27-20/h4-8,10-11,13-14H,9,12H2,1-3H3,(H,26,29)(H,27,30)/b11-8+. The molecule has 2 amide bonds. The molecule has 0 radical (unpaired) electrons. The number of nitrogens with one attached hydrogen (secondary N) is 2. The summed E-state index contributed by atoms with van der Waals surface area (Å²) in [7, 11) is 0. The minimum absolute atomic E-state index is 0.0164. The molecule has 1 aliphatic heterocycles. The summed E-state index contributed by atoms with van der Waals surface area (Å²) in [5, 5.41) is 6.53. The van der Waals surface area contributed by atoms with Gasteiger partial charge in [-0.05, 0) is 75.2 Å². The van der Waals surface area contributed by atoms with Crippen LogP contribution in [0.2, 0.25) is 0 Å². The van der Waals surface area contributed by atoms with Crippen LogP contribution < -0.4 is 10.6 Å². The second-order valence-electron chi connectivity index (χ2n) is 8.48. The summed E-state index contributed by atoms with van der Waals surface area (Å²) < 4.78 is 15.8. The van der Waals surface area contributed by atoms with Crippen LogP contribution in [0.4, 0.5) is 15.8 Å². The fourth-order valence-corrected chi connectivity index (χ4v) is 3.96. The fourth-order valence-electron chi connectivity index (χ4n) is 3.96. The summed E-state index contributed by atoms with van der Waals surface area (Å²) in [6.45, 7) is 6.20. The van der Waals surface area contributed by atoms with Crippen molar-refractivity contribution in [3.63, 3.8) is 0 Å². The molecule has 154 valence electrons. The first-order valence-electron chi connectivity index (χ1n) is 9.95. The van der Waals surface area contributed by atoms with Crippen molar-refractivity contribution in [1.29, 1.82) is 0 Å². The summed E-state index contributed by atoms with van der Waals surface area (Å²) in [5.74, 6) is -0.572. The second kappa shape index (κ2) is 7.44. The predicted molar refractivity (Wildman–Crippen MR) is 118 cm³/mol. The number of hydrogen-bond acceptors (Lipinski definition) is 2. The highest BCUT2D eigenvalue weighted by molar-refractivity contribution is 6.04. The largest absolute Gasteiger partial charge is 0.336 e. The number of anilines is 2. The third-order valence-corrected chi connectivity index (χ3v) is 5.18. The van der Waals surface area contributed by atoms with Crippen molar-refractivity contribution in [3.8, 4) is 0 Å². The average Bonchev–Trinajstić information content (AvgIpc) is 3.04. The first-order chi connectivity index (χ1) is 14.2. The van der Waals surface area contributed by atoms with E-state index in [-0.39, 0.29) is 23.2 Å². The molecule has 2 N–H and O–H groups in total. The molecule has 1 aliphatic rings. The maximum atomic E-state index is 13.7. The molecule has 0 saturated heterocycles. The van der Waals surface area contributed by atoms with E-state index in [1.54, 1.807) is 18.2 Å². The van der Waals surface area contributed by atoms with Crippen LogP contribution in [-0.2, 0) is 21.5 Å². The summed E-state index contributed by atoms with van der Waals surface area (Å²) >= 11 is 0. The van der Waals surface area contributed by atoms with Gasteiger partial charge in [0.05, 0.1) is 0 Å². The van der Waals surface area contributed by atoms with Gasteiger partial charge in [0.1, 0.15) is 5.82 Å². The minimum Gasteiger partial charge on any atom is -0.336 e. The van der Waals surface area contributed by atoms with Crippen molar-refractivity contribution in [2.45, 2.75) is 39.2 Å². The molecule has 0 aliphatic carbocycles. The van der Waals surface area contributed by atoms with E-state index in [0.29, 0.717) is 18.5 Å². The number of hydrogen-bond donors (Lipinski definition) is 2. The third-order valence-electron chi connectivity index (χ3n) is 5.18. The van der Waals surface area contributed by atoms with Crippen LogP contribution in [0, 0.1) is 5.82 Å². The van der Waals surface area contributed by atoms with Crippen molar-refractivity contribution in [1.82, 2.24) is 4.57 Å². The maximum Gasteiger partial charge on any atom is 0.248 e. The van der Waals surface area contributed by atoms with Crippen LogP contribution in [0.3, 0.4) is 0 Å². The molecule has 3 aromatic rings. The lowest BCUT2D eigenvalue weighted by atomic mass is 10.0. The number of fused-ring (bicyclic) bond motifs is 2. The smallest absolute Gasteiger partial charge is 0.248 e. The quantitative estimate of drug-likeness (QED) is 0.598. The highest BCUT2D eigenvalue weighted by Crippen LogP contribution is 2.30. The number of aromatic nitrogens is 1. The predicted octanol–water partition coefficient (Wildman–Crippen LogP) is 5.07. The minimum atomic E-state index is -0.289. The lowest BCUT2D eigenvalue weighted by molar-refractivity contribution is -0.116. The lowest BCUT2D eigenvalue weighted by Gasteiger charge is -2.25. The van der Waals surface area contributed by atoms with E-state index in [9.17, 15) is 14.0 Å². The lowest BCUT2D eigenvalue weighted by Crippen LogP contribution is -2.22. The molecule has 30 heavy (non-hydrogen) atoms. The van der Waals surface area contributed by atoms with Crippen molar-refractivity contribution in [3.05, 3.63) is 65.6 Å². The maximum absolute atomic E-state index is 13.7. The van der Waals surface area contributed by atoms with Crippen molar-refractivity contribution < 1.29 is 14.0 Å². The second-order valence-corrected chi connectivity index (χ2v) is 8.48. The molecule has 2 heterocycles. The number of carbonyl (C=O) groups excluding carboxylic acids is 2. The fraction of sp³-hybridized carbons (Fsp3) is 0.250. The molecule has 0 unspecified atom stereocenters. The Morgan fingerprint density at radius 2 is 1.97 bits per heavy atom. The molecule has 0 atom stereocenters. The molecule has 1 aromatic heterocycles. The van der Waals surface area contributed by atoms with E-state index < -0.39 is 0 Å². The van der Waals surface area contributed by atoms with Gasteiger partial charge in [-0.2, -0.15) is 0 Å². The first-order valence-corrected chi connectivity index (χ1v) is 9.95. The Labute approximate surface area is 174 Å². The molecule has 0 saturated carbocycles. The van der Waals surface area contributed by atoms with Gasteiger partial charge in [0, 0.05) is 46.0 Å². The van der Waals surface area contributed by atoms with Gasteiger partial charge in [-0.15, -0.1) is 0 Å². The van der Waals surface area contributed by atoms with Crippen LogP contribution in [0.5, 0.6) is 0 Å². The van der Waals surface area contributed by atoms with Gasteiger partial charge in [-0.3, -0.25) is 9.59 Å². The molecule has 0 bridgehead atoms. The summed E-state index contributed by atoms with van der Waals surface area (Å²) in [6, 6.07) is 12.1. The van der Waals surface area contributed by atoms with E-state index in [0.717, 1.165) is 27.8 Å². The van der Waals surface area contributed by atoms with E-state index in [4.69, 9.17) is 0 Å². The zero-order chi connectivity index (χ0) is 21.5. The van der Waals surface area contributed by atoms with E-state index in [2.05, 4.69) is 36.0 Å². The Morgan fingerprint density at radius 3 is 2.73 bits per heavy atom. The van der Waals surface area contributed by atoms with Gasteiger partial charge in [0.15, 0.2) is 0 Å². The molecule has 4 rings (SSSR count). The van der Waals surface area contributed by atoms with Crippen LogP contribution in [0.15, 0.2) is 48.5 Å². The highest BCUT2D eigenvalue weighted by atomic mass is 19.1. The van der Waals surface area contributed by atoms with Crippen LogP contribution in [-0.4, -0.2) is 16.4 Å². The average molecular weight is 405 g/mol. The Hall–Kier alpha value is -3.41. The topological polar surface area (TPSA) is 63.1 Å². The number of carbonyl (C=O) groups is 2. The Bertz CT molecular complexity index is 1190. The molecular formula is C24H24FN3O2. The van der Waals surface area contributed by atoms with Crippen molar-refractivity contribution in [2.24, 2.45) is 0 Å². The monoisotopic (exact) mass is 405 g/mol. The van der Waals surface area contributed by atoms with Gasteiger partial charge >= 0.3 is 0 Å². The Kier molecular flexibility index (Phi) is 4.94. The summed E-state index contributed by atoms with van der Waals surface area (Å²) in [4.78, 5) is 24.2. The van der Waals surface area contributed by atoms with Gasteiger partial charge < -0.3 is 15.2 Å². The molecule has 0 fully saturated rings. The number of rotatable bonds is 3. The van der Waals surface area contributed by atoms with E-state index in [1.807, 2.05) is 18.2 Å². The van der Waals surface area contributed by atoms with Gasteiger partial charge in [-0.25, -0.2) is 4.39 Å². The van der Waals surface area contributed by atoms with Crippen LogP contribution in [0.25, 0.3) is 17.0 Å². The molecule has 5 nitrogen and oxygen atoms in total. The SMILES string of the molecule is CC(C)(C)n1c(/C=C/C(=O)Nc2cccc3c2CCC(=O)N3)cc2cc(F)ccc21. The summed E-state index contributed by atoms with van der Waals surface area (Å²) in [6.07, 6.45) is 4.21. The van der Waals surface area contributed by atoms with Gasteiger partial charge in [0.2, 0.25) is 11.8 Å². The number of nitrogens with zero attached hydrogens (tertiary/aromatic N) is 1. The zero-order valence-corrected chi connectivity index (χ0v) is 17.3. The summed E-state index contributed by atoms with van der Waals surface area (Å²) in [5.41, 5.74) is 3.85. The highest BCUT2D eigenvalue weighted by Gasteiger charge is 2.20. The first kappa shape index (κ1) is 19.9.